The number of carboxylic acid groups (broad SMARTS) is 1. The van der Waals surface area contributed by atoms with Crippen molar-refractivity contribution in [2.24, 2.45) is 11.5 Å². The number of benzene rings is 2. The molecule has 11 N–H and O–H groups in total. The van der Waals surface area contributed by atoms with E-state index in [2.05, 4.69) is 30.9 Å². The molecule has 4 aromatic rings. The van der Waals surface area contributed by atoms with Crippen LogP contribution in [-0.4, -0.2) is 79.6 Å². The Balaban J connectivity index is 1.48. The highest BCUT2D eigenvalue weighted by Crippen LogP contribution is 2.19. The number of rotatable bonds is 17. The number of H-pyrrole nitrogens is 2. The van der Waals surface area contributed by atoms with Crippen molar-refractivity contribution in [3.63, 3.8) is 0 Å². The molecule has 2 heterocycles. The average Bonchev–Trinajstić information content (AvgIpc) is 3.71. The Labute approximate surface area is 265 Å². The molecule has 2 aromatic heterocycles. The lowest BCUT2D eigenvalue weighted by Crippen LogP contribution is -2.58. The van der Waals surface area contributed by atoms with Crippen LogP contribution in [0.1, 0.15) is 36.1 Å². The Bertz CT molecular complexity index is 1600. The van der Waals surface area contributed by atoms with Gasteiger partial charge in [-0.15, -0.1) is 0 Å². The number of para-hydroxylation sites is 1. The molecule has 0 aliphatic rings. The number of imidazole rings is 1. The van der Waals surface area contributed by atoms with Crippen molar-refractivity contribution >= 4 is 34.6 Å². The number of aromatic amines is 2. The largest absolute Gasteiger partial charge is 0.508 e. The van der Waals surface area contributed by atoms with E-state index >= 15 is 0 Å². The van der Waals surface area contributed by atoms with Gasteiger partial charge < -0.3 is 47.6 Å². The van der Waals surface area contributed by atoms with E-state index in [4.69, 9.17) is 11.5 Å². The van der Waals surface area contributed by atoms with Crippen LogP contribution in [0.25, 0.3) is 10.9 Å². The quantitative estimate of drug-likeness (QED) is 0.0740. The minimum Gasteiger partial charge on any atom is -0.508 e. The second-order valence-electron chi connectivity index (χ2n) is 11.1. The standard InChI is InChI=1S/C32H40N8O6/c33-12-4-3-7-26(38-29(42)24(34)13-19-8-10-22(41)11-9-19)30(43)39-27(15-21-17-35-18-37-21)31(44)40-28(32(45)46)14-20-16-36-25-6-2-1-5-23(20)25/h1-2,5-6,8-11,16-18,24,26-28,36,41H,3-4,7,12-15,33-34H2,(H,35,37)(H,38,42)(H,39,43)(H,40,44)(H,45,46). The molecule has 0 radical (unpaired) electrons. The Morgan fingerprint density at radius 3 is 2.22 bits per heavy atom. The maximum Gasteiger partial charge on any atom is 0.326 e. The normalized spacial score (nSPS) is 13.8. The summed E-state index contributed by atoms with van der Waals surface area (Å²) in [6.45, 7) is 0.389. The number of phenols is 1. The van der Waals surface area contributed by atoms with Crippen LogP contribution in [0.3, 0.4) is 0 Å². The second-order valence-corrected chi connectivity index (χ2v) is 11.1. The number of hydrogen-bond donors (Lipinski definition) is 9. The number of amides is 3. The van der Waals surface area contributed by atoms with Crippen molar-refractivity contribution in [2.75, 3.05) is 6.54 Å². The molecule has 4 rings (SSSR count). The van der Waals surface area contributed by atoms with Crippen LogP contribution in [0, 0.1) is 0 Å². The third-order valence-electron chi connectivity index (χ3n) is 7.63. The molecule has 3 amide bonds. The molecule has 0 saturated heterocycles. The average molecular weight is 633 g/mol. The molecule has 4 unspecified atom stereocenters. The number of carbonyl (C=O) groups excluding carboxylic acids is 3. The molecule has 244 valence electrons. The molecule has 0 spiro atoms. The van der Waals surface area contributed by atoms with Crippen LogP contribution in [0.2, 0.25) is 0 Å². The van der Waals surface area contributed by atoms with E-state index in [1.54, 1.807) is 18.3 Å². The molecule has 0 bridgehead atoms. The predicted octanol–water partition coefficient (Wildman–Crippen LogP) is 0.620. The first kappa shape index (κ1) is 33.7. The lowest BCUT2D eigenvalue weighted by atomic mass is 10.0. The van der Waals surface area contributed by atoms with E-state index in [-0.39, 0.29) is 31.4 Å². The van der Waals surface area contributed by atoms with Gasteiger partial charge in [-0.1, -0.05) is 30.3 Å². The number of aliphatic carboxylic acids is 1. The van der Waals surface area contributed by atoms with E-state index in [0.29, 0.717) is 30.6 Å². The number of hydrogen-bond acceptors (Lipinski definition) is 8. The molecule has 46 heavy (non-hydrogen) atoms. The van der Waals surface area contributed by atoms with E-state index < -0.39 is 47.9 Å². The van der Waals surface area contributed by atoms with Gasteiger partial charge in [-0.05, 0) is 61.6 Å². The van der Waals surface area contributed by atoms with Crippen LogP contribution in [-0.2, 0) is 38.4 Å². The third-order valence-corrected chi connectivity index (χ3v) is 7.63. The molecule has 2 aromatic carbocycles. The van der Waals surface area contributed by atoms with Crippen molar-refractivity contribution in [1.82, 2.24) is 30.9 Å². The zero-order valence-electron chi connectivity index (χ0n) is 25.2. The summed E-state index contributed by atoms with van der Waals surface area (Å²) < 4.78 is 0. The first-order valence-corrected chi connectivity index (χ1v) is 15.0. The number of nitrogens with zero attached hydrogens (tertiary/aromatic N) is 1. The summed E-state index contributed by atoms with van der Waals surface area (Å²) in [6, 6.07) is 9.19. The summed E-state index contributed by atoms with van der Waals surface area (Å²) in [5.74, 6) is -3.07. The van der Waals surface area contributed by atoms with Gasteiger partial charge in [0.05, 0.1) is 12.4 Å². The summed E-state index contributed by atoms with van der Waals surface area (Å²) >= 11 is 0. The fourth-order valence-corrected chi connectivity index (χ4v) is 5.11. The highest BCUT2D eigenvalue weighted by Gasteiger charge is 2.31. The lowest BCUT2D eigenvalue weighted by Gasteiger charge is -2.25. The molecule has 0 fully saturated rings. The van der Waals surface area contributed by atoms with Gasteiger partial charge in [-0.2, -0.15) is 0 Å². The van der Waals surface area contributed by atoms with Gasteiger partial charge in [0, 0.05) is 41.8 Å². The van der Waals surface area contributed by atoms with Crippen molar-refractivity contribution in [1.29, 1.82) is 0 Å². The van der Waals surface area contributed by atoms with E-state index in [0.717, 1.165) is 16.5 Å². The number of unbranched alkanes of at least 4 members (excludes halogenated alkanes) is 1. The van der Waals surface area contributed by atoms with Gasteiger partial charge in [0.15, 0.2) is 0 Å². The van der Waals surface area contributed by atoms with Gasteiger partial charge >= 0.3 is 5.97 Å². The number of nitrogens with one attached hydrogen (secondary N) is 5. The van der Waals surface area contributed by atoms with Crippen molar-refractivity contribution in [2.45, 2.75) is 62.7 Å². The Morgan fingerprint density at radius 1 is 0.826 bits per heavy atom. The zero-order chi connectivity index (χ0) is 33.1. The Hall–Kier alpha value is -5.21. The van der Waals surface area contributed by atoms with Gasteiger partial charge in [0.25, 0.3) is 0 Å². The van der Waals surface area contributed by atoms with E-state index in [9.17, 15) is 29.4 Å². The first-order valence-electron chi connectivity index (χ1n) is 15.0. The van der Waals surface area contributed by atoms with Gasteiger partial charge in [0.2, 0.25) is 17.7 Å². The molecule has 0 aliphatic carbocycles. The van der Waals surface area contributed by atoms with Gasteiger partial charge in [-0.25, -0.2) is 9.78 Å². The summed E-state index contributed by atoms with van der Waals surface area (Å²) in [6.07, 6.45) is 6.14. The van der Waals surface area contributed by atoms with Crippen LogP contribution in [0.4, 0.5) is 0 Å². The summed E-state index contributed by atoms with van der Waals surface area (Å²) in [5, 5.41) is 28.3. The maximum atomic E-state index is 13.6. The summed E-state index contributed by atoms with van der Waals surface area (Å²) in [5.41, 5.74) is 14.6. The maximum absolute atomic E-state index is 13.6. The predicted molar refractivity (Wildman–Crippen MR) is 170 cm³/mol. The smallest absolute Gasteiger partial charge is 0.326 e. The number of nitrogens with two attached hydrogens (primary N) is 2. The van der Waals surface area contributed by atoms with Crippen LogP contribution >= 0.6 is 0 Å². The fraction of sp³-hybridized carbons (Fsp3) is 0.344. The zero-order valence-corrected chi connectivity index (χ0v) is 25.2. The van der Waals surface area contributed by atoms with Crippen molar-refractivity contribution in [3.8, 4) is 5.75 Å². The molecular weight excluding hydrogens is 592 g/mol. The number of aromatic hydroxyl groups is 1. The molecule has 14 heteroatoms. The topological polar surface area (TPSA) is 241 Å². The number of carboxylic acids is 1. The fourth-order valence-electron chi connectivity index (χ4n) is 5.11. The van der Waals surface area contributed by atoms with Crippen molar-refractivity contribution in [3.05, 3.63) is 84.1 Å². The Kier molecular flexibility index (Phi) is 11.9. The van der Waals surface area contributed by atoms with E-state index in [1.807, 2.05) is 24.3 Å². The minimum absolute atomic E-state index is 0.00645. The highest BCUT2D eigenvalue weighted by molar-refractivity contribution is 5.94. The number of carbonyl (C=O) groups is 4. The van der Waals surface area contributed by atoms with Crippen LogP contribution < -0.4 is 27.4 Å². The Morgan fingerprint density at radius 2 is 1.52 bits per heavy atom. The minimum atomic E-state index is -1.29. The highest BCUT2D eigenvalue weighted by atomic mass is 16.4. The summed E-state index contributed by atoms with van der Waals surface area (Å²) in [4.78, 5) is 62.4. The molecule has 0 saturated carbocycles. The number of aromatic nitrogens is 3. The molecular formula is C32H40N8O6. The van der Waals surface area contributed by atoms with Gasteiger partial charge in [-0.3, -0.25) is 14.4 Å². The lowest BCUT2D eigenvalue weighted by molar-refractivity contribution is -0.142. The van der Waals surface area contributed by atoms with Crippen LogP contribution in [0.5, 0.6) is 5.75 Å². The SMILES string of the molecule is NCCCCC(NC(=O)C(N)Cc1ccc(O)cc1)C(=O)NC(Cc1cnc[nH]1)C(=O)NC(Cc1c[nH]c2ccccc12)C(=O)O. The summed E-state index contributed by atoms with van der Waals surface area (Å²) in [7, 11) is 0. The monoisotopic (exact) mass is 632 g/mol. The molecule has 4 atom stereocenters. The van der Waals surface area contributed by atoms with Crippen molar-refractivity contribution < 1.29 is 29.4 Å². The second kappa shape index (κ2) is 16.2. The third kappa shape index (κ3) is 9.39. The number of phenolic OH excluding ortho intramolecular Hbond substituents is 1. The first-order chi connectivity index (χ1) is 22.1. The molecule has 0 aliphatic heterocycles. The number of fused-ring (bicyclic) bond motifs is 1. The molecule has 14 nitrogen and oxygen atoms in total. The van der Waals surface area contributed by atoms with E-state index in [1.165, 1.54) is 24.7 Å². The van der Waals surface area contributed by atoms with Crippen LogP contribution in [0.15, 0.2) is 67.3 Å². The van der Waals surface area contributed by atoms with Gasteiger partial charge in [0.1, 0.15) is 23.9 Å².